The predicted octanol–water partition coefficient (Wildman–Crippen LogP) is 2.00. The minimum atomic E-state index is 0.140. The Morgan fingerprint density at radius 3 is 2.69 bits per heavy atom. The second-order valence-electron chi connectivity index (χ2n) is 4.03. The molecule has 1 aromatic carbocycles. The zero-order valence-electron chi connectivity index (χ0n) is 9.78. The number of benzene rings is 1. The van der Waals surface area contributed by atoms with Crippen molar-refractivity contribution < 1.29 is 4.74 Å². The largest absolute Gasteiger partial charge is 0.375 e. The van der Waals surface area contributed by atoms with Crippen molar-refractivity contribution in [2.45, 2.75) is 26.0 Å². The van der Waals surface area contributed by atoms with E-state index in [4.69, 9.17) is 10.6 Å². The molecule has 0 fully saturated rings. The average Bonchev–Trinajstić information content (AvgIpc) is 2.28. The van der Waals surface area contributed by atoms with Gasteiger partial charge in [0.25, 0.3) is 0 Å². The molecule has 16 heavy (non-hydrogen) atoms. The fourth-order valence-electron chi connectivity index (χ4n) is 1.48. The van der Waals surface area contributed by atoms with Gasteiger partial charge in [-0.15, -0.1) is 6.58 Å². The predicted molar refractivity (Wildman–Crippen MR) is 66.6 cm³/mol. The zero-order chi connectivity index (χ0) is 11.8. The minimum Gasteiger partial charge on any atom is -0.375 e. The van der Waals surface area contributed by atoms with Gasteiger partial charge < -0.3 is 4.74 Å². The Balaban J connectivity index is 2.26. The molecule has 0 aromatic heterocycles. The van der Waals surface area contributed by atoms with Gasteiger partial charge in [0.15, 0.2) is 0 Å². The number of nitrogens with one attached hydrogen (secondary N) is 1. The maximum atomic E-state index is 5.59. The quantitative estimate of drug-likeness (QED) is 0.420. The number of hydrogen-bond acceptors (Lipinski definition) is 3. The molecule has 0 radical (unpaired) electrons. The van der Waals surface area contributed by atoms with E-state index >= 15 is 0 Å². The Labute approximate surface area is 97.3 Å². The molecule has 1 aromatic rings. The third-order valence-electron chi connectivity index (χ3n) is 2.26. The van der Waals surface area contributed by atoms with E-state index in [2.05, 4.69) is 12.0 Å². The molecule has 0 aliphatic rings. The van der Waals surface area contributed by atoms with Crippen molar-refractivity contribution in [1.29, 1.82) is 0 Å². The topological polar surface area (TPSA) is 47.3 Å². The van der Waals surface area contributed by atoms with E-state index in [0.717, 1.165) is 12.0 Å². The summed E-state index contributed by atoms with van der Waals surface area (Å²) in [6.07, 6.45) is 0.839. The summed E-state index contributed by atoms with van der Waals surface area (Å²) < 4.78 is 5.59. The highest BCUT2D eigenvalue weighted by molar-refractivity contribution is 5.13. The highest BCUT2D eigenvalue weighted by atomic mass is 16.5. The fourth-order valence-corrected chi connectivity index (χ4v) is 1.48. The van der Waals surface area contributed by atoms with Gasteiger partial charge in [-0.2, -0.15) is 0 Å². The molecular weight excluding hydrogens is 200 g/mol. The van der Waals surface area contributed by atoms with E-state index < -0.39 is 0 Å². The van der Waals surface area contributed by atoms with Crippen molar-refractivity contribution in [3.63, 3.8) is 0 Å². The molecule has 0 saturated carbocycles. The minimum absolute atomic E-state index is 0.140. The van der Waals surface area contributed by atoms with Gasteiger partial charge in [0.2, 0.25) is 0 Å². The molecule has 1 rings (SSSR count). The first-order chi connectivity index (χ1) is 7.72. The molecule has 0 aliphatic carbocycles. The summed E-state index contributed by atoms with van der Waals surface area (Å²) in [6.45, 7) is 7.06. The molecule has 0 aliphatic heterocycles. The van der Waals surface area contributed by atoms with Gasteiger partial charge in [0.1, 0.15) is 0 Å². The van der Waals surface area contributed by atoms with Crippen LogP contribution in [0, 0.1) is 0 Å². The normalized spacial score (nSPS) is 12.4. The lowest BCUT2D eigenvalue weighted by atomic mass is 10.1. The molecule has 3 nitrogen and oxygen atoms in total. The summed E-state index contributed by atoms with van der Waals surface area (Å²) in [5.74, 6) is 5.43. The van der Waals surface area contributed by atoms with Crippen LogP contribution >= 0.6 is 0 Å². The van der Waals surface area contributed by atoms with Crippen LogP contribution in [-0.4, -0.2) is 12.6 Å². The first-order valence-electron chi connectivity index (χ1n) is 5.44. The first-order valence-corrected chi connectivity index (χ1v) is 5.44. The van der Waals surface area contributed by atoms with E-state index in [9.17, 15) is 0 Å². The van der Waals surface area contributed by atoms with Crippen LogP contribution in [0.3, 0.4) is 0 Å². The Morgan fingerprint density at radius 1 is 1.44 bits per heavy atom. The standard InChI is InChI=1S/C13H20N2O/c1-11(2)8-13(15-14)10-16-9-12-6-4-3-5-7-12/h3-7,13,15H,1,8-10,14H2,2H3. The highest BCUT2D eigenvalue weighted by Gasteiger charge is 2.06. The Kier molecular flexibility index (Phi) is 5.78. The maximum absolute atomic E-state index is 5.59. The van der Waals surface area contributed by atoms with Crippen molar-refractivity contribution in [2.75, 3.05) is 6.61 Å². The molecule has 0 spiro atoms. The van der Waals surface area contributed by atoms with Gasteiger partial charge >= 0.3 is 0 Å². The molecule has 1 unspecified atom stereocenters. The van der Waals surface area contributed by atoms with Gasteiger partial charge in [0.05, 0.1) is 13.2 Å². The summed E-state index contributed by atoms with van der Waals surface area (Å²) in [4.78, 5) is 0. The molecule has 3 heteroatoms. The number of ether oxygens (including phenoxy) is 1. The SMILES string of the molecule is C=C(C)CC(COCc1ccccc1)NN. The van der Waals surface area contributed by atoms with Gasteiger partial charge in [-0.05, 0) is 18.9 Å². The Hall–Kier alpha value is -1.16. The second-order valence-corrected chi connectivity index (χ2v) is 4.03. The second kappa shape index (κ2) is 7.17. The molecule has 3 N–H and O–H groups in total. The molecule has 1 atom stereocenters. The zero-order valence-corrected chi connectivity index (χ0v) is 9.78. The van der Waals surface area contributed by atoms with Gasteiger partial charge in [-0.3, -0.25) is 11.3 Å². The molecule has 0 bridgehead atoms. The molecule has 88 valence electrons. The summed E-state index contributed by atoms with van der Waals surface area (Å²) in [6, 6.07) is 10.2. The summed E-state index contributed by atoms with van der Waals surface area (Å²) in [7, 11) is 0. The van der Waals surface area contributed by atoms with Crippen LogP contribution in [0.2, 0.25) is 0 Å². The van der Waals surface area contributed by atoms with Crippen LogP contribution in [-0.2, 0) is 11.3 Å². The van der Waals surface area contributed by atoms with Crippen LogP contribution in [0.5, 0.6) is 0 Å². The summed E-state index contributed by atoms with van der Waals surface area (Å²) in [5, 5.41) is 0. The third kappa shape index (κ3) is 5.07. The van der Waals surface area contributed by atoms with Crippen LogP contribution < -0.4 is 11.3 Å². The van der Waals surface area contributed by atoms with Crippen molar-refractivity contribution in [1.82, 2.24) is 5.43 Å². The number of hydrazine groups is 1. The van der Waals surface area contributed by atoms with Gasteiger partial charge in [-0.1, -0.05) is 35.9 Å². The lowest BCUT2D eigenvalue weighted by Gasteiger charge is -2.15. The van der Waals surface area contributed by atoms with Crippen molar-refractivity contribution >= 4 is 0 Å². The van der Waals surface area contributed by atoms with E-state index in [1.807, 2.05) is 37.3 Å². The average molecular weight is 220 g/mol. The molecule has 0 amide bonds. The van der Waals surface area contributed by atoms with Crippen molar-refractivity contribution in [3.8, 4) is 0 Å². The lowest BCUT2D eigenvalue weighted by molar-refractivity contribution is 0.0986. The smallest absolute Gasteiger partial charge is 0.0717 e. The molecule has 0 heterocycles. The summed E-state index contributed by atoms with van der Waals surface area (Å²) >= 11 is 0. The first kappa shape index (κ1) is 12.9. The Morgan fingerprint density at radius 2 is 2.12 bits per heavy atom. The van der Waals surface area contributed by atoms with E-state index in [0.29, 0.717) is 13.2 Å². The van der Waals surface area contributed by atoms with Crippen LogP contribution in [0.4, 0.5) is 0 Å². The van der Waals surface area contributed by atoms with Crippen LogP contribution in [0.1, 0.15) is 18.9 Å². The van der Waals surface area contributed by atoms with Crippen molar-refractivity contribution in [2.24, 2.45) is 5.84 Å². The maximum Gasteiger partial charge on any atom is 0.0717 e. The number of rotatable bonds is 7. The van der Waals surface area contributed by atoms with E-state index in [1.54, 1.807) is 0 Å². The van der Waals surface area contributed by atoms with Crippen molar-refractivity contribution in [3.05, 3.63) is 48.0 Å². The van der Waals surface area contributed by atoms with E-state index in [1.165, 1.54) is 5.56 Å². The Bertz CT molecular complexity index is 311. The monoisotopic (exact) mass is 220 g/mol. The molecular formula is C13H20N2O. The van der Waals surface area contributed by atoms with E-state index in [-0.39, 0.29) is 6.04 Å². The van der Waals surface area contributed by atoms with Gasteiger partial charge in [0, 0.05) is 6.04 Å². The fraction of sp³-hybridized carbons (Fsp3) is 0.385. The van der Waals surface area contributed by atoms with Crippen LogP contribution in [0.15, 0.2) is 42.5 Å². The highest BCUT2D eigenvalue weighted by Crippen LogP contribution is 2.04. The number of hydrogen-bond donors (Lipinski definition) is 2. The molecule has 0 saturated heterocycles. The summed E-state index contributed by atoms with van der Waals surface area (Å²) in [5.41, 5.74) is 5.01. The van der Waals surface area contributed by atoms with Gasteiger partial charge in [-0.25, -0.2) is 0 Å². The van der Waals surface area contributed by atoms with Crippen LogP contribution in [0.25, 0.3) is 0 Å². The third-order valence-corrected chi connectivity index (χ3v) is 2.26. The lowest BCUT2D eigenvalue weighted by Crippen LogP contribution is -2.38. The number of nitrogens with two attached hydrogens (primary N) is 1.